The van der Waals surface area contributed by atoms with Crippen LogP contribution in [0.1, 0.15) is 29.9 Å². The first-order valence-electron chi connectivity index (χ1n) is 19.2. The van der Waals surface area contributed by atoms with Gasteiger partial charge in [0.2, 0.25) is 0 Å². The molecule has 0 saturated carbocycles. The summed E-state index contributed by atoms with van der Waals surface area (Å²) < 4.78 is 9.63. The van der Waals surface area contributed by atoms with E-state index in [4.69, 9.17) is 4.74 Å². The van der Waals surface area contributed by atoms with Crippen LogP contribution in [-0.4, -0.2) is 6.10 Å². The molecule has 2 heterocycles. The van der Waals surface area contributed by atoms with Gasteiger partial charge in [0.15, 0.2) is 0 Å². The fourth-order valence-electron chi connectivity index (χ4n) is 8.83. The van der Waals surface area contributed by atoms with Crippen molar-refractivity contribution in [2.45, 2.75) is 24.9 Å². The van der Waals surface area contributed by atoms with Crippen molar-refractivity contribution < 1.29 is 4.74 Å². The van der Waals surface area contributed by atoms with E-state index in [0.29, 0.717) is 0 Å². The number of fused-ring (bicyclic) bond motifs is 8. The van der Waals surface area contributed by atoms with Crippen molar-refractivity contribution in [1.29, 1.82) is 0 Å². The molecular formula is C52H37NOS. The lowest BCUT2D eigenvalue weighted by Gasteiger charge is -2.29. The zero-order chi connectivity index (χ0) is 36.3. The molecule has 0 amide bonds. The van der Waals surface area contributed by atoms with Crippen LogP contribution in [0.15, 0.2) is 199 Å². The second-order valence-electron chi connectivity index (χ2n) is 14.6. The van der Waals surface area contributed by atoms with Crippen LogP contribution in [0.4, 0.5) is 17.1 Å². The molecule has 2 atom stereocenters. The SMILES string of the molecule is C1=CC(C2=CC3c4cc(N(c5ccc(-c6ccccc6)cc5)c5cccc6c5sc5ccccc56)c5ccccc5c4OC3C=C2c2ccccc2)=CCC1. The predicted octanol–water partition coefficient (Wildman–Crippen LogP) is 14.5. The number of nitrogens with zero attached hydrogens (tertiary/aromatic N) is 1. The van der Waals surface area contributed by atoms with E-state index >= 15 is 0 Å². The topological polar surface area (TPSA) is 12.5 Å². The first kappa shape index (κ1) is 32.0. The molecule has 1 aromatic heterocycles. The summed E-state index contributed by atoms with van der Waals surface area (Å²) in [7, 11) is 0. The fourth-order valence-corrected chi connectivity index (χ4v) is 10.0. The molecule has 262 valence electrons. The van der Waals surface area contributed by atoms with Gasteiger partial charge < -0.3 is 9.64 Å². The van der Waals surface area contributed by atoms with E-state index < -0.39 is 0 Å². The summed E-state index contributed by atoms with van der Waals surface area (Å²) in [6.45, 7) is 0. The lowest BCUT2D eigenvalue weighted by atomic mass is 9.79. The lowest BCUT2D eigenvalue weighted by Crippen LogP contribution is -2.20. The van der Waals surface area contributed by atoms with Gasteiger partial charge in [-0.1, -0.05) is 152 Å². The third-order valence-corrected chi connectivity index (χ3v) is 12.6. The number of ether oxygens (including phenoxy) is 1. The Morgan fingerprint density at radius 2 is 1.24 bits per heavy atom. The molecule has 8 aromatic rings. The first-order valence-corrected chi connectivity index (χ1v) is 20.0. The van der Waals surface area contributed by atoms with E-state index in [2.05, 4.69) is 193 Å². The maximum atomic E-state index is 7.06. The van der Waals surface area contributed by atoms with Crippen LogP contribution in [0.5, 0.6) is 5.75 Å². The maximum Gasteiger partial charge on any atom is 0.132 e. The summed E-state index contributed by atoms with van der Waals surface area (Å²) in [6, 6.07) is 57.3. The zero-order valence-electron chi connectivity index (χ0n) is 30.2. The molecule has 2 unspecified atom stereocenters. The van der Waals surface area contributed by atoms with Gasteiger partial charge >= 0.3 is 0 Å². The Morgan fingerprint density at radius 3 is 2.02 bits per heavy atom. The normalized spacial score (nSPS) is 17.3. The number of thiophene rings is 1. The molecule has 0 saturated heterocycles. The van der Waals surface area contributed by atoms with Gasteiger partial charge in [0.1, 0.15) is 11.9 Å². The quantitative estimate of drug-likeness (QED) is 0.169. The van der Waals surface area contributed by atoms with E-state index in [1.165, 1.54) is 70.2 Å². The highest BCUT2D eigenvalue weighted by Gasteiger charge is 2.38. The van der Waals surface area contributed by atoms with E-state index in [0.717, 1.165) is 35.4 Å². The molecule has 0 N–H and O–H groups in total. The Hall–Kier alpha value is -6.42. The Kier molecular flexibility index (Phi) is 7.67. The van der Waals surface area contributed by atoms with Crippen molar-refractivity contribution in [3.63, 3.8) is 0 Å². The molecule has 1 aliphatic heterocycles. The standard InChI is InChI=1S/C52H37NOS/c1-4-15-34(16-5-1)35-27-29-38(30-28-35)53(47-25-14-24-42-40-22-12-13-26-50(40)55-52(42)47)48-32-46-45-31-43(36-17-6-2-7-18-36)44(37-19-8-3-9-20-37)33-49(45)54-51(46)41-23-11-10-21-39(41)48/h1,3-6,8-33,45,49H,2,7H2. The third kappa shape index (κ3) is 5.38. The highest BCUT2D eigenvalue weighted by Crippen LogP contribution is 2.54. The highest BCUT2D eigenvalue weighted by molar-refractivity contribution is 7.26. The van der Waals surface area contributed by atoms with E-state index in [-0.39, 0.29) is 12.0 Å². The Labute approximate surface area is 325 Å². The summed E-state index contributed by atoms with van der Waals surface area (Å²) in [5, 5.41) is 4.88. The van der Waals surface area contributed by atoms with Crippen molar-refractivity contribution >= 4 is 64.9 Å². The van der Waals surface area contributed by atoms with Crippen molar-refractivity contribution in [1.82, 2.24) is 0 Å². The average Bonchev–Trinajstić information content (AvgIpc) is 3.83. The second kappa shape index (κ2) is 13.2. The fraction of sp³-hybridized carbons (Fsp3) is 0.0769. The minimum atomic E-state index is -0.106. The molecule has 2 aliphatic carbocycles. The summed E-state index contributed by atoms with van der Waals surface area (Å²) in [5.41, 5.74) is 12.1. The number of hydrogen-bond acceptors (Lipinski definition) is 3. The number of rotatable bonds is 6. The van der Waals surface area contributed by atoms with Crippen LogP contribution in [0, 0.1) is 0 Å². The van der Waals surface area contributed by atoms with Gasteiger partial charge in [-0.15, -0.1) is 11.3 Å². The first-order chi connectivity index (χ1) is 27.3. The van der Waals surface area contributed by atoms with Crippen LogP contribution in [0.3, 0.4) is 0 Å². The monoisotopic (exact) mass is 723 g/mol. The largest absolute Gasteiger partial charge is 0.484 e. The van der Waals surface area contributed by atoms with Crippen LogP contribution in [-0.2, 0) is 0 Å². The van der Waals surface area contributed by atoms with Gasteiger partial charge in [-0.05, 0) is 82.7 Å². The molecule has 11 rings (SSSR count). The minimum absolute atomic E-state index is 0.0690. The van der Waals surface area contributed by atoms with E-state index in [9.17, 15) is 0 Å². The number of benzene rings is 7. The average molecular weight is 724 g/mol. The van der Waals surface area contributed by atoms with Gasteiger partial charge in [0.25, 0.3) is 0 Å². The van der Waals surface area contributed by atoms with Gasteiger partial charge in [-0.2, -0.15) is 0 Å². The molecule has 3 aliphatic rings. The van der Waals surface area contributed by atoms with E-state index in [1.54, 1.807) is 0 Å². The van der Waals surface area contributed by atoms with Crippen molar-refractivity contribution in [3.05, 3.63) is 210 Å². The van der Waals surface area contributed by atoms with Crippen LogP contribution in [0.25, 0.3) is 47.6 Å². The maximum absolute atomic E-state index is 7.06. The van der Waals surface area contributed by atoms with Crippen LogP contribution >= 0.6 is 11.3 Å². The third-order valence-electron chi connectivity index (χ3n) is 11.4. The molecule has 3 heteroatoms. The van der Waals surface area contributed by atoms with Gasteiger partial charge in [-0.3, -0.25) is 0 Å². The molecule has 2 nitrogen and oxygen atoms in total. The molecule has 0 bridgehead atoms. The summed E-state index contributed by atoms with van der Waals surface area (Å²) in [5.74, 6) is 1.06. The molecule has 0 spiro atoms. The Balaban J connectivity index is 1.14. The highest BCUT2D eigenvalue weighted by atomic mass is 32.1. The van der Waals surface area contributed by atoms with Crippen molar-refractivity contribution in [2.75, 3.05) is 4.90 Å². The molecule has 7 aromatic carbocycles. The number of allylic oxidation sites excluding steroid dienone is 6. The zero-order valence-corrected chi connectivity index (χ0v) is 31.0. The Morgan fingerprint density at radius 1 is 0.545 bits per heavy atom. The summed E-state index contributed by atoms with van der Waals surface area (Å²) >= 11 is 1.87. The van der Waals surface area contributed by atoms with Crippen LogP contribution in [0.2, 0.25) is 0 Å². The van der Waals surface area contributed by atoms with Crippen LogP contribution < -0.4 is 9.64 Å². The number of hydrogen-bond donors (Lipinski definition) is 0. The molecule has 0 fully saturated rings. The predicted molar refractivity (Wildman–Crippen MR) is 233 cm³/mol. The summed E-state index contributed by atoms with van der Waals surface area (Å²) in [4.78, 5) is 2.49. The lowest BCUT2D eigenvalue weighted by molar-refractivity contribution is 0.272. The van der Waals surface area contributed by atoms with Gasteiger partial charge in [-0.25, -0.2) is 0 Å². The second-order valence-corrected chi connectivity index (χ2v) is 15.7. The molecule has 0 radical (unpaired) electrons. The molecular weight excluding hydrogens is 687 g/mol. The van der Waals surface area contributed by atoms with Gasteiger partial charge in [0.05, 0.1) is 16.1 Å². The van der Waals surface area contributed by atoms with Crippen molar-refractivity contribution in [3.8, 4) is 16.9 Å². The Bertz CT molecular complexity index is 2890. The molecule has 55 heavy (non-hydrogen) atoms. The van der Waals surface area contributed by atoms with Crippen molar-refractivity contribution in [2.24, 2.45) is 0 Å². The smallest absolute Gasteiger partial charge is 0.132 e. The van der Waals surface area contributed by atoms with Gasteiger partial charge in [0, 0.05) is 43.4 Å². The summed E-state index contributed by atoms with van der Waals surface area (Å²) in [6.07, 6.45) is 13.9. The minimum Gasteiger partial charge on any atom is -0.484 e. The number of anilines is 3. The van der Waals surface area contributed by atoms with E-state index in [1.807, 2.05) is 11.3 Å².